The highest BCUT2D eigenvalue weighted by Gasteiger charge is 2.22. The van der Waals surface area contributed by atoms with Gasteiger partial charge in [0, 0.05) is 31.9 Å². The lowest BCUT2D eigenvalue weighted by Gasteiger charge is -2.31. The first-order chi connectivity index (χ1) is 15.5. The summed E-state index contributed by atoms with van der Waals surface area (Å²) < 4.78 is 11.2. The number of hydrogen-bond donors (Lipinski definition) is 1. The number of amidine groups is 1. The fourth-order valence-corrected chi connectivity index (χ4v) is 4.21. The summed E-state index contributed by atoms with van der Waals surface area (Å²) in [5, 5.41) is 3.44. The van der Waals surface area contributed by atoms with Crippen LogP contribution in [0.3, 0.4) is 0 Å². The molecule has 0 amide bonds. The van der Waals surface area contributed by atoms with Crippen LogP contribution in [0, 0.1) is 0 Å². The molecule has 0 radical (unpaired) electrons. The van der Waals surface area contributed by atoms with E-state index in [9.17, 15) is 0 Å². The lowest BCUT2D eigenvalue weighted by atomic mass is 10.0. The predicted octanol–water partition coefficient (Wildman–Crippen LogP) is 5.45. The first-order valence-electron chi connectivity index (χ1n) is 11.1. The molecule has 1 saturated heterocycles. The van der Waals surface area contributed by atoms with Gasteiger partial charge in [-0.15, -0.1) is 0 Å². The van der Waals surface area contributed by atoms with Crippen molar-refractivity contribution < 1.29 is 9.47 Å². The molecule has 0 unspecified atom stereocenters. The second kappa shape index (κ2) is 9.49. The molecule has 2 heterocycles. The van der Waals surface area contributed by atoms with E-state index in [1.165, 1.54) is 11.1 Å². The van der Waals surface area contributed by atoms with E-state index in [-0.39, 0.29) is 0 Å². The number of nitrogens with zero attached hydrogens (tertiary/aromatic N) is 3. The minimum atomic E-state index is 0.732. The summed E-state index contributed by atoms with van der Waals surface area (Å²) in [6.07, 6.45) is 3.17. The molecule has 4 rings (SSSR count). The molecule has 0 bridgehead atoms. The van der Waals surface area contributed by atoms with Crippen LogP contribution < -0.4 is 19.9 Å². The van der Waals surface area contributed by atoms with Gasteiger partial charge in [0.1, 0.15) is 5.75 Å². The lowest BCUT2D eigenvalue weighted by Crippen LogP contribution is -2.36. The third-order valence-corrected chi connectivity index (χ3v) is 6.14. The Morgan fingerprint density at radius 3 is 2.66 bits per heavy atom. The summed E-state index contributed by atoms with van der Waals surface area (Å²) in [6.45, 7) is 11.7. The van der Waals surface area contributed by atoms with E-state index in [0.717, 1.165) is 72.8 Å². The fraction of sp³-hybridized carbons (Fsp3) is 0.346. The minimum absolute atomic E-state index is 0.732. The van der Waals surface area contributed by atoms with Crippen molar-refractivity contribution >= 4 is 34.2 Å². The average molecular weight is 433 g/mol. The average Bonchev–Trinajstić information content (AvgIpc) is 2.84. The number of benzene rings is 2. The number of hydrogen-bond acceptors (Lipinski definition) is 6. The molecule has 0 saturated carbocycles. The minimum Gasteiger partial charge on any atom is -0.495 e. The summed E-state index contributed by atoms with van der Waals surface area (Å²) in [4.78, 5) is 9.25. The molecule has 1 N–H and O–H groups in total. The Hall–Kier alpha value is -3.25. The van der Waals surface area contributed by atoms with Crippen LogP contribution in [0.1, 0.15) is 25.8 Å². The number of aliphatic imine (C=N–C) groups is 1. The van der Waals surface area contributed by atoms with Crippen LogP contribution in [0.15, 0.2) is 59.7 Å². The Kier molecular flexibility index (Phi) is 6.51. The second-order valence-electron chi connectivity index (χ2n) is 7.95. The van der Waals surface area contributed by atoms with E-state index in [2.05, 4.69) is 72.0 Å². The van der Waals surface area contributed by atoms with Gasteiger partial charge in [-0.1, -0.05) is 25.6 Å². The fourth-order valence-electron chi connectivity index (χ4n) is 4.21. The summed E-state index contributed by atoms with van der Waals surface area (Å²) in [6, 6.07) is 12.6. The Balaban J connectivity index is 1.61. The summed E-state index contributed by atoms with van der Waals surface area (Å²) in [5.41, 5.74) is 7.35. The third kappa shape index (κ3) is 4.23. The molecule has 0 atom stereocenters. The van der Waals surface area contributed by atoms with Gasteiger partial charge in [-0.3, -0.25) is 0 Å². The molecule has 168 valence electrons. The predicted molar refractivity (Wildman–Crippen MR) is 135 cm³/mol. The summed E-state index contributed by atoms with van der Waals surface area (Å²) in [7, 11) is 3.74. The van der Waals surface area contributed by atoms with Crippen molar-refractivity contribution in [2.45, 2.75) is 20.3 Å². The highest BCUT2D eigenvalue weighted by atomic mass is 16.5. The van der Waals surface area contributed by atoms with Crippen LogP contribution in [0.2, 0.25) is 0 Å². The van der Waals surface area contributed by atoms with Crippen molar-refractivity contribution in [3.8, 4) is 5.75 Å². The zero-order valence-corrected chi connectivity index (χ0v) is 19.4. The second-order valence-corrected chi connectivity index (χ2v) is 7.95. The van der Waals surface area contributed by atoms with Gasteiger partial charge in [0.2, 0.25) is 0 Å². The van der Waals surface area contributed by atoms with Gasteiger partial charge < -0.3 is 24.6 Å². The normalized spacial score (nSPS) is 16.6. The van der Waals surface area contributed by atoms with E-state index in [0.29, 0.717) is 0 Å². The first-order valence-corrected chi connectivity index (χ1v) is 11.1. The molecule has 32 heavy (non-hydrogen) atoms. The molecule has 2 aliphatic heterocycles. The highest BCUT2D eigenvalue weighted by molar-refractivity contribution is 6.13. The van der Waals surface area contributed by atoms with E-state index >= 15 is 0 Å². The molecular formula is C26H32N4O2. The van der Waals surface area contributed by atoms with Crippen LogP contribution in [-0.4, -0.2) is 46.3 Å². The zero-order valence-electron chi connectivity index (χ0n) is 19.4. The lowest BCUT2D eigenvalue weighted by molar-refractivity contribution is 0.122. The Morgan fingerprint density at radius 1 is 1.19 bits per heavy atom. The largest absolute Gasteiger partial charge is 0.495 e. The van der Waals surface area contributed by atoms with Gasteiger partial charge in [-0.05, 0) is 48.7 Å². The van der Waals surface area contributed by atoms with E-state index in [4.69, 9.17) is 14.5 Å². The van der Waals surface area contributed by atoms with Crippen molar-refractivity contribution in [3.63, 3.8) is 0 Å². The maximum absolute atomic E-state index is 5.69. The molecule has 2 aromatic carbocycles. The number of likely N-dealkylation sites (N-methyl/N-ethyl adjacent to an activating group) is 1. The van der Waals surface area contributed by atoms with Crippen molar-refractivity contribution in [1.82, 2.24) is 0 Å². The molecule has 0 aliphatic carbocycles. The number of methoxy groups -OCH3 is 1. The molecule has 0 spiro atoms. The third-order valence-electron chi connectivity index (χ3n) is 6.14. The Bertz CT molecular complexity index is 1070. The van der Waals surface area contributed by atoms with Crippen molar-refractivity contribution in [2.24, 2.45) is 4.99 Å². The van der Waals surface area contributed by atoms with Crippen molar-refractivity contribution in [3.05, 3.63) is 60.3 Å². The Morgan fingerprint density at radius 2 is 1.97 bits per heavy atom. The molecule has 6 nitrogen and oxygen atoms in total. The number of morpholine rings is 1. The van der Waals surface area contributed by atoms with Crippen LogP contribution in [0.4, 0.5) is 22.7 Å². The molecular weight excluding hydrogens is 400 g/mol. The van der Waals surface area contributed by atoms with E-state index < -0.39 is 0 Å². The van der Waals surface area contributed by atoms with Crippen molar-refractivity contribution in [2.75, 3.05) is 55.6 Å². The van der Waals surface area contributed by atoms with E-state index in [1.807, 2.05) is 13.1 Å². The van der Waals surface area contributed by atoms with Crippen LogP contribution in [0.25, 0.3) is 5.57 Å². The van der Waals surface area contributed by atoms with Gasteiger partial charge in [0.15, 0.2) is 5.84 Å². The van der Waals surface area contributed by atoms with Gasteiger partial charge in [-0.2, -0.15) is 0 Å². The number of nitrogens with one attached hydrogen (secondary N) is 1. The van der Waals surface area contributed by atoms with Gasteiger partial charge in [0.25, 0.3) is 0 Å². The standard InChI is InChI=1S/C26H32N4O2/c1-6-19(7-2)20-8-10-22-24(16-20)29(4)18(3)26(28-22)27-21-9-11-23(25(17-21)31-5)30-12-14-32-15-13-30/h6,8-11,16-17H,3,7,12-15H2,1-2,4-5H3,(H,27,28)/b19-6+. The van der Waals surface area contributed by atoms with Crippen LogP contribution >= 0.6 is 0 Å². The summed E-state index contributed by atoms with van der Waals surface area (Å²) >= 11 is 0. The number of anilines is 3. The van der Waals surface area contributed by atoms with E-state index in [1.54, 1.807) is 7.11 Å². The molecule has 6 heteroatoms. The SMILES string of the molecule is C=C1C(Nc2ccc(N3CCOCC3)c(OC)c2)=Nc2ccc(/C(=C/C)CC)cc2N1C. The quantitative estimate of drug-likeness (QED) is 0.681. The van der Waals surface area contributed by atoms with Crippen LogP contribution in [-0.2, 0) is 4.74 Å². The smallest absolute Gasteiger partial charge is 0.154 e. The molecule has 2 aliphatic rings. The number of ether oxygens (including phenoxy) is 2. The molecule has 0 aromatic heterocycles. The van der Waals surface area contributed by atoms with Gasteiger partial charge in [-0.25, -0.2) is 4.99 Å². The zero-order chi connectivity index (χ0) is 22.7. The maximum atomic E-state index is 5.69. The number of rotatable bonds is 5. The molecule has 1 fully saturated rings. The maximum Gasteiger partial charge on any atom is 0.154 e. The Labute approximate surface area is 190 Å². The number of fused-ring (bicyclic) bond motifs is 1. The highest BCUT2D eigenvalue weighted by Crippen LogP contribution is 2.38. The summed E-state index contributed by atoms with van der Waals surface area (Å²) in [5.74, 6) is 1.56. The van der Waals surface area contributed by atoms with Crippen LogP contribution in [0.5, 0.6) is 5.75 Å². The molecule has 2 aromatic rings. The monoisotopic (exact) mass is 432 g/mol. The van der Waals surface area contributed by atoms with Gasteiger partial charge >= 0.3 is 0 Å². The number of allylic oxidation sites excluding steroid dienone is 2. The topological polar surface area (TPSA) is 49.3 Å². The van der Waals surface area contributed by atoms with Gasteiger partial charge in [0.05, 0.1) is 43.1 Å². The van der Waals surface area contributed by atoms with Crippen molar-refractivity contribution in [1.29, 1.82) is 0 Å². The first kappa shape index (κ1) is 22.0.